The number of unbranched alkanes of at least 4 members (excludes halogenated alkanes) is 1. The lowest BCUT2D eigenvalue weighted by atomic mass is 10.2. The predicted octanol–water partition coefficient (Wildman–Crippen LogP) is 5.69. The Morgan fingerprint density at radius 1 is 1.10 bits per heavy atom. The van der Waals surface area contributed by atoms with Gasteiger partial charge in [-0.1, -0.05) is 24.9 Å². The van der Waals surface area contributed by atoms with Crippen molar-refractivity contribution in [2.24, 2.45) is 5.18 Å². The van der Waals surface area contributed by atoms with Gasteiger partial charge in [0.1, 0.15) is 5.69 Å². The van der Waals surface area contributed by atoms with E-state index in [1.165, 1.54) is 0 Å². The van der Waals surface area contributed by atoms with Crippen molar-refractivity contribution in [3.8, 4) is 0 Å². The van der Waals surface area contributed by atoms with Crippen molar-refractivity contribution in [2.75, 3.05) is 17.2 Å². The number of rotatable bonds is 7. The van der Waals surface area contributed by atoms with E-state index < -0.39 is 0 Å². The molecule has 2 rings (SSSR count). The molecule has 0 saturated heterocycles. The summed E-state index contributed by atoms with van der Waals surface area (Å²) in [7, 11) is 0. The van der Waals surface area contributed by atoms with Crippen molar-refractivity contribution in [3.05, 3.63) is 52.4 Å². The van der Waals surface area contributed by atoms with Crippen molar-refractivity contribution in [1.82, 2.24) is 0 Å². The second-order valence-electron chi connectivity index (χ2n) is 4.74. The molecule has 5 heteroatoms. The normalized spacial score (nSPS) is 10.2. The second-order valence-corrected chi connectivity index (χ2v) is 5.17. The highest BCUT2D eigenvalue weighted by Gasteiger charge is 2.05. The zero-order chi connectivity index (χ0) is 15.1. The van der Waals surface area contributed by atoms with E-state index in [4.69, 9.17) is 11.6 Å². The smallest absolute Gasteiger partial charge is 0.131 e. The minimum absolute atomic E-state index is 0.381. The summed E-state index contributed by atoms with van der Waals surface area (Å²) in [6, 6.07) is 12.8. The molecule has 0 fully saturated rings. The number of anilines is 3. The average Bonchev–Trinajstić information content (AvgIpc) is 2.50. The van der Waals surface area contributed by atoms with Crippen molar-refractivity contribution in [2.45, 2.75) is 19.8 Å². The molecule has 0 aliphatic rings. The fourth-order valence-electron chi connectivity index (χ4n) is 1.92. The lowest BCUT2D eigenvalue weighted by molar-refractivity contribution is 0.834. The predicted molar refractivity (Wildman–Crippen MR) is 90.0 cm³/mol. The van der Waals surface area contributed by atoms with Gasteiger partial charge in [-0.2, -0.15) is 0 Å². The Labute approximate surface area is 129 Å². The summed E-state index contributed by atoms with van der Waals surface area (Å²) in [4.78, 5) is 10.9. The van der Waals surface area contributed by atoms with E-state index in [9.17, 15) is 4.91 Å². The van der Waals surface area contributed by atoms with Gasteiger partial charge in [-0.15, -0.1) is 4.91 Å². The molecule has 2 N–H and O–H groups in total. The molecule has 2 aromatic rings. The highest BCUT2D eigenvalue weighted by atomic mass is 35.5. The summed E-state index contributed by atoms with van der Waals surface area (Å²) in [5.41, 5.74) is 2.88. The molecule has 0 unspecified atom stereocenters. The molecule has 0 bridgehead atoms. The molecule has 0 aliphatic carbocycles. The van der Waals surface area contributed by atoms with Gasteiger partial charge in [-0.25, -0.2) is 0 Å². The second kappa shape index (κ2) is 7.64. The summed E-state index contributed by atoms with van der Waals surface area (Å²) in [6.07, 6.45) is 2.24. The van der Waals surface area contributed by atoms with Gasteiger partial charge in [-0.05, 0) is 54.1 Å². The van der Waals surface area contributed by atoms with Gasteiger partial charge in [0.2, 0.25) is 0 Å². The SMILES string of the molecule is CCCCNc1ccc(N=O)c(Nc2ccc(Cl)cc2)c1. The number of benzene rings is 2. The number of nitroso groups, excluding NO2 is 1. The lowest BCUT2D eigenvalue weighted by Gasteiger charge is -2.11. The molecule has 0 atom stereocenters. The van der Waals surface area contributed by atoms with Gasteiger partial charge in [0, 0.05) is 22.9 Å². The summed E-state index contributed by atoms with van der Waals surface area (Å²) in [5.74, 6) is 0. The average molecular weight is 304 g/mol. The minimum atomic E-state index is 0.381. The van der Waals surface area contributed by atoms with Gasteiger partial charge in [-0.3, -0.25) is 0 Å². The van der Waals surface area contributed by atoms with E-state index >= 15 is 0 Å². The molecule has 4 nitrogen and oxygen atoms in total. The van der Waals surface area contributed by atoms with E-state index in [1.807, 2.05) is 24.3 Å². The highest BCUT2D eigenvalue weighted by molar-refractivity contribution is 6.30. The lowest BCUT2D eigenvalue weighted by Crippen LogP contribution is -2.01. The van der Waals surface area contributed by atoms with E-state index in [-0.39, 0.29) is 0 Å². The molecule has 21 heavy (non-hydrogen) atoms. The van der Waals surface area contributed by atoms with Crippen molar-refractivity contribution in [1.29, 1.82) is 0 Å². The van der Waals surface area contributed by atoms with Crippen LogP contribution < -0.4 is 10.6 Å². The van der Waals surface area contributed by atoms with E-state index in [0.717, 1.165) is 30.8 Å². The molecule has 110 valence electrons. The maximum Gasteiger partial charge on any atom is 0.131 e. The van der Waals surface area contributed by atoms with Gasteiger partial charge < -0.3 is 10.6 Å². The fraction of sp³-hybridized carbons (Fsp3) is 0.250. The third-order valence-electron chi connectivity index (χ3n) is 3.08. The quantitative estimate of drug-likeness (QED) is 0.510. The molecule has 0 heterocycles. The zero-order valence-electron chi connectivity index (χ0n) is 11.9. The monoisotopic (exact) mass is 303 g/mol. The number of hydrogen-bond acceptors (Lipinski definition) is 4. The molecule has 0 aliphatic heterocycles. The van der Waals surface area contributed by atoms with Crippen LogP contribution in [-0.2, 0) is 0 Å². The molecular weight excluding hydrogens is 286 g/mol. The third kappa shape index (κ3) is 4.46. The van der Waals surface area contributed by atoms with Crippen LogP contribution in [0.2, 0.25) is 5.02 Å². The third-order valence-corrected chi connectivity index (χ3v) is 3.33. The number of nitrogens with zero attached hydrogens (tertiary/aromatic N) is 1. The van der Waals surface area contributed by atoms with E-state index in [1.54, 1.807) is 18.2 Å². The molecule has 0 saturated carbocycles. The van der Waals surface area contributed by atoms with Crippen LogP contribution >= 0.6 is 11.6 Å². The topological polar surface area (TPSA) is 53.5 Å². The van der Waals surface area contributed by atoms with Gasteiger partial charge in [0.15, 0.2) is 0 Å². The summed E-state index contributed by atoms with van der Waals surface area (Å²) < 4.78 is 0. The first-order valence-corrected chi connectivity index (χ1v) is 7.34. The van der Waals surface area contributed by atoms with Crippen LogP contribution in [0.4, 0.5) is 22.7 Å². The van der Waals surface area contributed by atoms with E-state index in [0.29, 0.717) is 16.4 Å². The van der Waals surface area contributed by atoms with Crippen LogP contribution in [0.5, 0.6) is 0 Å². The van der Waals surface area contributed by atoms with Crippen molar-refractivity contribution >= 4 is 34.4 Å². The van der Waals surface area contributed by atoms with Crippen molar-refractivity contribution < 1.29 is 0 Å². The summed E-state index contributed by atoms with van der Waals surface area (Å²) in [5, 5.41) is 10.2. The van der Waals surface area contributed by atoms with Gasteiger partial charge >= 0.3 is 0 Å². The van der Waals surface area contributed by atoms with Crippen LogP contribution in [0.1, 0.15) is 19.8 Å². The largest absolute Gasteiger partial charge is 0.385 e. The minimum Gasteiger partial charge on any atom is -0.385 e. The first kappa shape index (κ1) is 15.3. The molecular formula is C16H18ClN3O. The van der Waals surface area contributed by atoms with Gasteiger partial charge in [0.05, 0.1) is 5.69 Å². The first-order valence-electron chi connectivity index (χ1n) is 6.97. The molecule has 0 aromatic heterocycles. The first-order chi connectivity index (χ1) is 10.2. The Balaban J connectivity index is 2.17. The Kier molecular flexibility index (Phi) is 5.58. The maximum absolute atomic E-state index is 10.9. The Hall–Kier alpha value is -2.07. The van der Waals surface area contributed by atoms with Crippen molar-refractivity contribution in [3.63, 3.8) is 0 Å². The highest BCUT2D eigenvalue weighted by Crippen LogP contribution is 2.31. The molecule has 2 aromatic carbocycles. The van der Waals surface area contributed by atoms with Crippen LogP contribution in [-0.4, -0.2) is 6.54 Å². The standard InChI is InChI=1S/C16H18ClN3O/c1-2-3-10-18-14-8-9-15(20-21)16(11-14)19-13-6-4-12(17)5-7-13/h4-9,11,18-19H,2-3,10H2,1H3. The van der Waals surface area contributed by atoms with Crippen LogP contribution in [0.25, 0.3) is 0 Å². The van der Waals surface area contributed by atoms with Crippen LogP contribution in [0.15, 0.2) is 47.6 Å². The maximum atomic E-state index is 10.9. The number of nitrogens with one attached hydrogen (secondary N) is 2. The summed E-state index contributed by atoms with van der Waals surface area (Å²) in [6.45, 7) is 3.05. The molecule has 0 amide bonds. The number of hydrogen-bond donors (Lipinski definition) is 2. The molecule has 0 radical (unpaired) electrons. The van der Waals surface area contributed by atoms with Crippen LogP contribution in [0.3, 0.4) is 0 Å². The Morgan fingerprint density at radius 2 is 1.81 bits per heavy atom. The Bertz CT molecular complexity index is 599. The Morgan fingerprint density at radius 3 is 2.48 bits per heavy atom. The van der Waals surface area contributed by atoms with E-state index in [2.05, 4.69) is 22.7 Å². The number of halogens is 1. The van der Waals surface area contributed by atoms with Gasteiger partial charge in [0.25, 0.3) is 0 Å². The fourth-order valence-corrected chi connectivity index (χ4v) is 2.05. The van der Waals surface area contributed by atoms with Crippen LogP contribution in [0, 0.1) is 4.91 Å². The molecule has 0 spiro atoms. The summed E-state index contributed by atoms with van der Waals surface area (Å²) >= 11 is 5.86. The zero-order valence-corrected chi connectivity index (χ0v) is 12.7.